The molecule has 0 saturated carbocycles. The predicted molar refractivity (Wildman–Crippen MR) is 87.7 cm³/mol. The first-order valence-electron chi connectivity index (χ1n) is 7.90. The van der Waals surface area contributed by atoms with Gasteiger partial charge in [-0.1, -0.05) is 18.2 Å². The molecule has 2 aromatic rings. The first-order chi connectivity index (χ1) is 10.9. The fourth-order valence-corrected chi connectivity index (χ4v) is 2.24. The fraction of sp³-hybridized carbons (Fsp3) is 0.471. The summed E-state index contributed by atoms with van der Waals surface area (Å²) in [7, 11) is 0. The van der Waals surface area contributed by atoms with Gasteiger partial charge in [0.05, 0.1) is 6.54 Å². The molecular weight excluding hydrogens is 292 g/mol. The van der Waals surface area contributed by atoms with Crippen LogP contribution in [0.5, 0.6) is 0 Å². The van der Waals surface area contributed by atoms with E-state index in [1.807, 2.05) is 58.0 Å². The van der Waals surface area contributed by atoms with E-state index >= 15 is 0 Å². The van der Waals surface area contributed by atoms with Crippen molar-refractivity contribution in [2.24, 2.45) is 0 Å². The number of nitrogens with one attached hydrogen (secondary N) is 2. The molecule has 0 bridgehead atoms. The Kier molecular flexibility index (Phi) is 5.50. The van der Waals surface area contributed by atoms with E-state index in [0.29, 0.717) is 24.9 Å². The van der Waals surface area contributed by atoms with Crippen LogP contribution in [0.25, 0.3) is 11.5 Å². The molecule has 124 valence electrons. The van der Waals surface area contributed by atoms with E-state index in [0.717, 1.165) is 17.0 Å². The molecule has 2 N–H and O–H groups in total. The number of carbonyl (C=O) groups is 1. The van der Waals surface area contributed by atoms with Crippen molar-refractivity contribution in [2.75, 3.05) is 13.1 Å². The maximum Gasteiger partial charge on any atom is 0.275 e. The normalized spacial score (nSPS) is 12.9. The van der Waals surface area contributed by atoms with Gasteiger partial charge in [-0.05, 0) is 39.8 Å². The summed E-state index contributed by atoms with van der Waals surface area (Å²) >= 11 is 0. The number of likely N-dealkylation sites (N-methyl/N-ethyl adjacent to an activating group) is 1. The van der Waals surface area contributed by atoms with Crippen molar-refractivity contribution in [3.63, 3.8) is 0 Å². The molecule has 0 aliphatic carbocycles. The fourth-order valence-electron chi connectivity index (χ4n) is 2.24. The molecule has 2 rings (SSSR count). The number of aromatic nitrogens is 2. The molecule has 23 heavy (non-hydrogen) atoms. The van der Waals surface area contributed by atoms with E-state index in [1.54, 1.807) is 0 Å². The minimum absolute atomic E-state index is 0.0251. The van der Waals surface area contributed by atoms with Crippen molar-refractivity contribution in [1.82, 2.24) is 15.5 Å². The van der Waals surface area contributed by atoms with Gasteiger partial charge in [-0.25, -0.2) is 0 Å². The summed E-state index contributed by atoms with van der Waals surface area (Å²) in [6.45, 7) is 9.68. The molecule has 0 aliphatic rings. The van der Waals surface area contributed by atoms with Crippen LogP contribution in [0.2, 0.25) is 0 Å². The summed E-state index contributed by atoms with van der Waals surface area (Å²) in [4.78, 5) is 13.1. The van der Waals surface area contributed by atoms with Gasteiger partial charge in [-0.2, -0.15) is 0 Å². The molecule has 1 aromatic carbocycles. The number of hydrogen-bond acceptors (Lipinski definition) is 4. The third kappa shape index (κ3) is 5.49. The molecule has 1 atom stereocenters. The van der Waals surface area contributed by atoms with Gasteiger partial charge in [0, 0.05) is 11.1 Å². The predicted octanol–water partition coefficient (Wildman–Crippen LogP) is 1.06. The van der Waals surface area contributed by atoms with Gasteiger partial charge < -0.3 is 14.6 Å². The van der Waals surface area contributed by atoms with E-state index in [4.69, 9.17) is 4.42 Å². The molecular formula is C17H25N4O2+. The van der Waals surface area contributed by atoms with E-state index in [-0.39, 0.29) is 11.4 Å². The standard InChI is InChI=1S/C17H24N4O2/c1-5-21(11-14(22)18-17(2,3)4)12-15-19-20-16(23-15)13-9-7-6-8-10-13/h6-10H,5,11-12H2,1-4H3,(H,18,22)/p+1. The van der Waals surface area contributed by atoms with Gasteiger partial charge in [0.15, 0.2) is 13.1 Å². The van der Waals surface area contributed by atoms with Crippen LogP contribution >= 0.6 is 0 Å². The van der Waals surface area contributed by atoms with E-state index in [9.17, 15) is 4.79 Å². The molecule has 0 aliphatic heterocycles. The molecule has 0 spiro atoms. The first kappa shape index (κ1) is 17.1. The number of nitrogens with zero attached hydrogens (tertiary/aromatic N) is 2. The van der Waals surface area contributed by atoms with E-state index in [1.165, 1.54) is 0 Å². The lowest BCUT2D eigenvalue weighted by Crippen LogP contribution is -3.11. The molecule has 6 heteroatoms. The summed E-state index contributed by atoms with van der Waals surface area (Å²) in [5.41, 5.74) is 0.677. The topological polar surface area (TPSA) is 72.5 Å². The maximum absolute atomic E-state index is 12.0. The quantitative estimate of drug-likeness (QED) is 0.835. The second kappa shape index (κ2) is 7.37. The SMILES string of the molecule is CC[NH+](CC(=O)NC(C)(C)C)Cc1nnc(-c2ccccc2)o1. The molecule has 1 heterocycles. The van der Waals surface area contributed by atoms with Crippen LogP contribution in [0.3, 0.4) is 0 Å². The average Bonchev–Trinajstić information content (AvgIpc) is 2.94. The Morgan fingerprint density at radius 3 is 2.52 bits per heavy atom. The van der Waals surface area contributed by atoms with E-state index < -0.39 is 0 Å². The number of hydrogen-bond donors (Lipinski definition) is 2. The van der Waals surface area contributed by atoms with Crippen LogP contribution in [0, 0.1) is 0 Å². The second-order valence-corrected chi connectivity index (χ2v) is 6.62. The molecule has 0 saturated heterocycles. The lowest BCUT2D eigenvalue weighted by molar-refractivity contribution is -0.905. The zero-order valence-corrected chi connectivity index (χ0v) is 14.2. The van der Waals surface area contributed by atoms with Crippen LogP contribution in [-0.4, -0.2) is 34.7 Å². The average molecular weight is 317 g/mol. The van der Waals surface area contributed by atoms with Crippen molar-refractivity contribution in [3.8, 4) is 11.5 Å². The van der Waals surface area contributed by atoms with Crippen LogP contribution in [0.15, 0.2) is 34.7 Å². The van der Waals surface area contributed by atoms with Crippen LogP contribution in [0.1, 0.15) is 33.6 Å². The van der Waals surface area contributed by atoms with Crippen molar-refractivity contribution < 1.29 is 14.1 Å². The van der Waals surface area contributed by atoms with Gasteiger partial charge in [-0.3, -0.25) is 4.79 Å². The number of quaternary nitrogens is 1. The molecule has 6 nitrogen and oxygen atoms in total. The Labute approximate surface area is 136 Å². The van der Waals surface area contributed by atoms with Crippen molar-refractivity contribution in [2.45, 2.75) is 39.8 Å². The summed E-state index contributed by atoms with van der Waals surface area (Å²) in [6.07, 6.45) is 0. The summed E-state index contributed by atoms with van der Waals surface area (Å²) in [5.74, 6) is 1.08. The molecule has 1 unspecified atom stereocenters. The first-order valence-corrected chi connectivity index (χ1v) is 7.90. The van der Waals surface area contributed by atoms with Gasteiger partial charge in [0.25, 0.3) is 11.8 Å². The number of carbonyl (C=O) groups excluding carboxylic acids is 1. The Hall–Kier alpha value is -2.21. The summed E-state index contributed by atoms with van der Waals surface area (Å²) in [5, 5.41) is 11.1. The lowest BCUT2D eigenvalue weighted by Gasteiger charge is -2.22. The van der Waals surface area contributed by atoms with Gasteiger partial charge >= 0.3 is 0 Å². The van der Waals surface area contributed by atoms with Crippen LogP contribution < -0.4 is 10.2 Å². The van der Waals surface area contributed by atoms with Gasteiger partial charge in [-0.15, -0.1) is 10.2 Å². The highest BCUT2D eigenvalue weighted by molar-refractivity contribution is 5.77. The lowest BCUT2D eigenvalue weighted by atomic mass is 10.1. The number of rotatable bonds is 6. The van der Waals surface area contributed by atoms with Crippen molar-refractivity contribution in [1.29, 1.82) is 0 Å². The summed E-state index contributed by atoms with van der Waals surface area (Å²) < 4.78 is 5.71. The zero-order valence-electron chi connectivity index (χ0n) is 14.2. The third-order valence-electron chi connectivity index (χ3n) is 3.31. The highest BCUT2D eigenvalue weighted by Crippen LogP contribution is 2.16. The monoisotopic (exact) mass is 317 g/mol. The molecule has 1 aromatic heterocycles. The van der Waals surface area contributed by atoms with Gasteiger partial charge in [0.2, 0.25) is 5.89 Å². The molecule has 0 radical (unpaired) electrons. The molecule has 0 fully saturated rings. The Bertz CT molecular complexity index is 632. The zero-order chi connectivity index (χ0) is 16.9. The minimum Gasteiger partial charge on any atom is -0.415 e. The number of benzene rings is 1. The van der Waals surface area contributed by atoms with Gasteiger partial charge in [0.1, 0.15) is 0 Å². The highest BCUT2D eigenvalue weighted by atomic mass is 16.4. The van der Waals surface area contributed by atoms with Crippen LogP contribution in [0.4, 0.5) is 0 Å². The second-order valence-electron chi connectivity index (χ2n) is 6.62. The summed E-state index contributed by atoms with van der Waals surface area (Å²) in [6, 6.07) is 9.66. The van der Waals surface area contributed by atoms with Crippen LogP contribution in [-0.2, 0) is 11.3 Å². The highest BCUT2D eigenvalue weighted by Gasteiger charge is 2.20. The third-order valence-corrected chi connectivity index (χ3v) is 3.31. The Morgan fingerprint density at radius 1 is 1.22 bits per heavy atom. The Balaban J connectivity index is 1.97. The Morgan fingerprint density at radius 2 is 1.91 bits per heavy atom. The smallest absolute Gasteiger partial charge is 0.275 e. The van der Waals surface area contributed by atoms with Crippen molar-refractivity contribution >= 4 is 5.91 Å². The van der Waals surface area contributed by atoms with Crippen molar-refractivity contribution in [3.05, 3.63) is 36.2 Å². The largest absolute Gasteiger partial charge is 0.415 e. The number of amides is 1. The molecule has 1 amide bonds. The van der Waals surface area contributed by atoms with E-state index in [2.05, 4.69) is 15.5 Å². The minimum atomic E-state index is -0.221. The maximum atomic E-state index is 12.0.